The first-order valence-corrected chi connectivity index (χ1v) is 13.2. The fraction of sp³-hybridized carbons (Fsp3) is 0.483. The molecule has 3 aliphatic rings. The Morgan fingerprint density at radius 3 is 2.69 bits per heavy atom. The molecule has 2 amide bonds. The Balaban J connectivity index is 1.26. The summed E-state index contributed by atoms with van der Waals surface area (Å²) in [4.78, 5) is 29.8. The molecule has 5 rings (SSSR count). The van der Waals surface area contributed by atoms with Crippen LogP contribution in [-0.4, -0.2) is 34.8 Å². The van der Waals surface area contributed by atoms with Gasteiger partial charge in [0.15, 0.2) is 5.96 Å². The maximum atomic E-state index is 14.7. The van der Waals surface area contributed by atoms with E-state index >= 15 is 0 Å². The topological polar surface area (TPSA) is 97.0 Å². The van der Waals surface area contributed by atoms with E-state index in [1.54, 1.807) is 6.92 Å². The highest BCUT2D eigenvalue weighted by Gasteiger charge is 2.51. The molecule has 2 aromatic rings. The molecule has 3 N–H and O–H groups in total. The molecule has 2 heterocycles. The van der Waals surface area contributed by atoms with E-state index in [0.29, 0.717) is 24.8 Å². The number of aryl methyl sites for hydroxylation is 2. The molecule has 0 fully saturated rings. The van der Waals surface area contributed by atoms with Crippen molar-refractivity contribution in [1.29, 1.82) is 0 Å². The van der Waals surface area contributed by atoms with Crippen LogP contribution in [0.4, 0.5) is 13.2 Å². The Bertz CT molecular complexity index is 1340. The van der Waals surface area contributed by atoms with Crippen LogP contribution >= 0.6 is 0 Å². The zero-order valence-corrected chi connectivity index (χ0v) is 22.3. The molecule has 10 heteroatoms. The smallest absolute Gasteiger partial charge is 0.278 e. The van der Waals surface area contributed by atoms with Crippen LogP contribution < -0.4 is 15.8 Å². The minimum atomic E-state index is -3.40. The van der Waals surface area contributed by atoms with Crippen LogP contribution in [0.5, 0.6) is 5.75 Å². The summed E-state index contributed by atoms with van der Waals surface area (Å²) in [7, 11) is 0. The monoisotopic (exact) mass is 542 g/mol. The molecule has 39 heavy (non-hydrogen) atoms. The fourth-order valence-electron chi connectivity index (χ4n) is 6.16. The number of guanidine groups is 1. The first kappa shape index (κ1) is 27.0. The van der Waals surface area contributed by atoms with Gasteiger partial charge in [0.25, 0.3) is 5.92 Å². The van der Waals surface area contributed by atoms with Gasteiger partial charge in [-0.3, -0.25) is 14.5 Å². The van der Waals surface area contributed by atoms with Crippen molar-refractivity contribution in [1.82, 2.24) is 10.2 Å². The van der Waals surface area contributed by atoms with Gasteiger partial charge >= 0.3 is 0 Å². The first-order valence-electron chi connectivity index (χ1n) is 13.2. The van der Waals surface area contributed by atoms with Gasteiger partial charge in [-0.1, -0.05) is 18.2 Å². The summed E-state index contributed by atoms with van der Waals surface area (Å²) in [5.41, 5.74) is 7.69. The lowest BCUT2D eigenvalue weighted by Crippen LogP contribution is -2.48. The van der Waals surface area contributed by atoms with Crippen molar-refractivity contribution in [3.05, 3.63) is 64.0 Å². The second-order valence-corrected chi connectivity index (χ2v) is 11.4. The van der Waals surface area contributed by atoms with Crippen molar-refractivity contribution in [2.45, 2.75) is 88.9 Å². The van der Waals surface area contributed by atoms with E-state index < -0.39 is 35.4 Å². The van der Waals surface area contributed by atoms with Crippen LogP contribution in [0.1, 0.15) is 85.9 Å². The molecule has 7 nitrogen and oxygen atoms in total. The van der Waals surface area contributed by atoms with Gasteiger partial charge in [-0.15, -0.1) is 0 Å². The molecular weight excluding hydrogens is 509 g/mol. The van der Waals surface area contributed by atoms with Gasteiger partial charge in [-0.05, 0) is 68.9 Å². The molecule has 0 aromatic heterocycles. The molecule has 0 saturated heterocycles. The predicted molar refractivity (Wildman–Crippen MR) is 140 cm³/mol. The third kappa shape index (κ3) is 5.21. The number of hydrogen-bond acceptors (Lipinski definition) is 5. The summed E-state index contributed by atoms with van der Waals surface area (Å²) >= 11 is 0. The van der Waals surface area contributed by atoms with E-state index in [0.717, 1.165) is 40.7 Å². The SMILES string of the molecule is Cc1cc(F)c2c(c1)C(N1C(=O)CC(CCCc3ccc4c(c3)C(NC=O)CC(C)(C)O4)N=C1N)CC2(F)F. The molecule has 0 radical (unpaired) electrons. The van der Waals surface area contributed by atoms with E-state index in [1.807, 2.05) is 32.0 Å². The Hall–Kier alpha value is -3.56. The molecule has 2 aromatic carbocycles. The van der Waals surface area contributed by atoms with Gasteiger partial charge < -0.3 is 15.8 Å². The molecule has 1 aliphatic carbocycles. The molecule has 208 valence electrons. The number of ether oxygens (including phenoxy) is 1. The molecular formula is C29H33F3N4O3. The number of fused-ring (bicyclic) bond motifs is 2. The van der Waals surface area contributed by atoms with Crippen molar-refractivity contribution >= 4 is 18.3 Å². The van der Waals surface area contributed by atoms with Gasteiger partial charge in [0, 0.05) is 24.8 Å². The number of amides is 2. The number of halogens is 3. The number of carbonyl (C=O) groups excluding carboxylic acids is 2. The molecule has 0 saturated carbocycles. The van der Waals surface area contributed by atoms with Gasteiger partial charge in [0.1, 0.15) is 17.2 Å². The largest absolute Gasteiger partial charge is 0.487 e. The van der Waals surface area contributed by atoms with Gasteiger partial charge in [-0.25, -0.2) is 18.2 Å². The average molecular weight is 543 g/mol. The maximum absolute atomic E-state index is 14.7. The Kier molecular flexibility index (Phi) is 6.84. The number of benzene rings is 2. The number of nitrogens with one attached hydrogen (secondary N) is 1. The van der Waals surface area contributed by atoms with Crippen molar-refractivity contribution in [2.75, 3.05) is 0 Å². The third-order valence-corrected chi connectivity index (χ3v) is 7.80. The Morgan fingerprint density at radius 1 is 1.21 bits per heavy atom. The molecule has 3 unspecified atom stereocenters. The summed E-state index contributed by atoms with van der Waals surface area (Å²) < 4.78 is 49.9. The van der Waals surface area contributed by atoms with E-state index in [-0.39, 0.29) is 35.9 Å². The average Bonchev–Trinajstić information content (AvgIpc) is 3.08. The Labute approximate surface area is 225 Å². The minimum absolute atomic E-state index is 0.0465. The van der Waals surface area contributed by atoms with Gasteiger partial charge in [0.05, 0.1) is 23.7 Å². The maximum Gasteiger partial charge on any atom is 0.278 e. The molecule has 0 spiro atoms. The summed E-state index contributed by atoms with van der Waals surface area (Å²) in [6.45, 7) is 5.59. The van der Waals surface area contributed by atoms with Crippen LogP contribution in [0.3, 0.4) is 0 Å². The second-order valence-electron chi connectivity index (χ2n) is 11.4. The second kappa shape index (κ2) is 9.88. The summed E-state index contributed by atoms with van der Waals surface area (Å²) in [6.07, 6.45) is 2.70. The van der Waals surface area contributed by atoms with E-state index in [2.05, 4.69) is 10.3 Å². The molecule has 3 atom stereocenters. The zero-order valence-electron chi connectivity index (χ0n) is 22.3. The minimum Gasteiger partial charge on any atom is -0.487 e. The van der Waals surface area contributed by atoms with Gasteiger partial charge in [-0.2, -0.15) is 0 Å². The highest BCUT2D eigenvalue weighted by Crippen LogP contribution is 2.51. The van der Waals surface area contributed by atoms with Crippen molar-refractivity contribution in [3.63, 3.8) is 0 Å². The van der Waals surface area contributed by atoms with Gasteiger partial charge in [0.2, 0.25) is 12.3 Å². The van der Waals surface area contributed by atoms with Crippen molar-refractivity contribution < 1.29 is 27.5 Å². The molecule has 2 aliphatic heterocycles. The molecule has 0 bridgehead atoms. The zero-order chi connectivity index (χ0) is 28.1. The van der Waals surface area contributed by atoms with E-state index in [9.17, 15) is 22.8 Å². The van der Waals surface area contributed by atoms with Crippen LogP contribution in [0.2, 0.25) is 0 Å². The van der Waals surface area contributed by atoms with E-state index in [1.165, 1.54) is 6.07 Å². The fourth-order valence-corrected chi connectivity index (χ4v) is 6.16. The van der Waals surface area contributed by atoms with Crippen LogP contribution in [0, 0.1) is 12.7 Å². The Morgan fingerprint density at radius 2 is 1.97 bits per heavy atom. The quantitative estimate of drug-likeness (QED) is 0.484. The number of rotatable bonds is 7. The normalized spacial score (nSPS) is 24.9. The highest BCUT2D eigenvalue weighted by atomic mass is 19.3. The summed E-state index contributed by atoms with van der Waals surface area (Å²) in [5, 5.41) is 2.88. The predicted octanol–water partition coefficient (Wildman–Crippen LogP) is 4.96. The van der Waals surface area contributed by atoms with Crippen LogP contribution in [-0.2, 0) is 21.9 Å². The lowest BCUT2D eigenvalue weighted by Gasteiger charge is -2.37. The third-order valence-electron chi connectivity index (χ3n) is 7.80. The van der Waals surface area contributed by atoms with E-state index in [4.69, 9.17) is 10.5 Å². The number of nitrogens with zero attached hydrogens (tertiary/aromatic N) is 2. The number of hydrogen-bond donors (Lipinski definition) is 2. The number of carbonyl (C=O) groups is 2. The standard InChI is InChI=1S/C29H33F3N4O3/c1-16-9-20-23(14-29(31,32)26(20)21(30)10-16)36-25(38)12-18(35-27(36)33)6-4-5-17-7-8-24-19(11-17)22(34-15-37)13-28(2,3)39-24/h7-11,15,18,22-23H,4-6,12-14H2,1-3H3,(H2,33,35)(H,34,37). The number of aliphatic imine (C=N–C) groups is 1. The first-order chi connectivity index (χ1) is 18.4. The van der Waals surface area contributed by atoms with Crippen LogP contribution in [0.25, 0.3) is 0 Å². The number of nitrogens with two attached hydrogens (primary N) is 1. The highest BCUT2D eigenvalue weighted by molar-refractivity contribution is 5.99. The van der Waals surface area contributed by atoms with Crippen LogP contribution in [0.15, 0.2) is 35.3 Å². The van der Waals surface area contributed by atoms with Crippen molar-refractivity contribution in [2.24, 2.45) is 10.7 Å². The number of alkyl halides is 2. The lowest BCUT2D eigenvalue weighted by atomic mass is 9.88. The van der Waals surface area contributed by atoms with Crippen molar-refractivity contribution in [3.8, 4) is 5.75 Å². The summed E-state index contributed by atoms with van der Waals surface area (Å²) in [6, 6.07) is 6.96. The summed E-state index contributed by atoms with van der Waals surface area (Å²) in [5.74, 6) is -4.12. The lowest BCUT2D eigenvalue weighted by molar-refractivity contribution is -0.131.